The molecule has 1 radical (unpaired) electrons. The zero-order valence-corrected chi connectivity index (χ0v) is 34.4. The third-order valence-corrected chi connectivity index (χ3v) is 13.7. The Morgan fingerprint density at radius 2 is 0.811 bits per heavy atom. The molecule has 4 heteroatoms. The van der Waals surface area contributed by atoms with Crippen LogP contribution in [0.15, 0.2) is 206 Å². The van der Waals surface area contributed by atoms with Crippen LogP contribution in [0.1, 0.15) is 41.2 Å². The molecular formula is C49H45BrNiP2+. The Balaban J connectivity index is 0.000000241. The van der Waals surface area contributed by atoms with E-state index in [0.717, 1.165) is 24.9 Å². The van der Waals surface area contributed by atoms with E-state index < -0.39 is 7.92 Å². The molecule has 0 fully saturated rings. The minimum Gasteiger partial charge on any atom is -1.00 e. The van der Waals surface area contributed by atoms with Crippen LogP contribution in [0.4, 0.5) is 0 Å². The first kappa shape index (κ1) is 41.9. The Morgan fingerprint density at radius 3 is 1.26 bits per heavy atom. The Kier molecular flexibility index (Phi) is 18.2. The van der Waals surface area contributed by atoms with Gasteiger partial charge in [-0.25, -0.2) is 0 Å². The van der Waals surface area contributed by atoms with Gasteiger partial charge in [0.25, 0.3) is 0 Å². The Bertz CT molecular complexity index is 1960. The van der Waals surface area contributed by atoms with Gasteiger partial charge < -0.3 is 17.0 Å². The number of allylic oxidation sites excluding steroid dienone is 1. The molecule has 0 nitrogen and oxygen atoms in total. The first-order valence-corrected chi connectivity index (χ1v) is 21.0. The van der Waals surface area contributed by atoms with E-state index in [1.54, 1.807) is 0 Å². The number of halogens is 1. The summed E-state index contributed by atoms with van der Waals surface area (Å²) in [4.78, 5) is 0. The molecule has 0 atom stereocenters. The third-order valence-electron chi connectivity index (χ3n) is 8.72. The number of benzene rings is 7. The predicted molar refractivity (Wildman–Crippen MR) is 225 cm³/mol. The van der Waals surface area contributed by atoms with Crippen molar-refractivity contribution < 1.29 is 33.5 Å². The average Bonchev–Trinajstić information content (AvgIpc) is 3.21. The van der Waals surface area contributed by atoms with Crippen LogP contribution in [0.25, 0.3) is 5.57 Å². The maximum Gasteiger partial charge on any atom is 2.00 e. The summed E-state index contributed by atoms with van der Waals surface area (Å²) in [5.41, 5.74) is 7.99. The van der Waals surface area contributed by atoms with E-state index >= 15 is 0 Å². The van der Waals surface area contributed by atoms with Crippen LogP contribution in [-0.4, -0.2) is 0 Å². The molecule has 0 aliphatic heterocycles. The van der Waals surface area contributed by atoms with E-state index in [-0.39, 0.29) is 41.4 Å². The number of hydrogen-bond donors (Lipinski definition) is 0. The second-order valence-corrected chi connectivity index (χ2v) is 16.8. The van der Waals surface area contributed by atoms with Crippen molar-refractivity contribution in [2.75, 3.05) is 0 Å². The van der Waals surface area contributed by atoms with Gasteiger partial charge in [0.15, 0.2) is 0 Å². The molecule has 0 saturated carbocycles. The summed E-state index contributed by atoms with van der Waals surface area (Å²) in [7, 11) is -0.696. The first-order chi connectivity index (χ1) is 25.3. The molecule has 0 unspecified atom stereocenters. The maximum absolute atomic E-state index is 3.63. The molecule has 0 amide bonds. The van der Waals surface area contributed by atoms with Crippen LogP contribution in [-0.2, 0) is 35.0 Å². The van der Waals surface area contributed by atoms with Crippen LogP contribution in [0.5, 0.6) is 0 Å². The normalized spacial score (nSPS) is 10.8. The fraction of sp³-hybridized carbons (Fsp3) is 0.102. The first-order valence-electron chi connectivity index (χ1n) is 17.8. The van der Waals surface area contributed by atoms with Gasteiger partial charge in [0.05, 0.1) is 0 Å². The van der Waals surface area contributed by atoms with Crippen molar-refractivity contribution in [3.05, 3.63) is 240 Å². The van der Waals surface area contributed by atoms with E-state index in [4.69, 9.17) is 0 Å². The van der Waals surface area contributed by atoms with E-state index in [2.05, 4.69) is 219 Å². The maximum atomic E-state index is 3.63. The molecule has 0 heterocycles. The number of rotatable bonds is 12. The van der Waals surface area contributed by atoms with Gasteiger partial charge >= 0.3 is 16.5 Å². The summed E-state index contributed by atoms with van der Waals surface area (Å²) < 4.78 is 0. The minimum absolute atomic E-state index is 0. The smallest absolute Gasteiger partial charge is 1.00 e. The van der Waals surface area contributed by atoms with Gasteiger partial charge in [-0.1, -0.05) is 221 Å². The van der Waals surface area contributed by atoms with Gasteiger partial charge in [0.2, 0.25) is 0 Å². The molecule has 267 valence electrons. The minimum atomic E-state index is -0.487. The molecule has 0 bridgehead atoms. The molecule has 0 spiro atoms. The van der Waals surface area contributed by atoms with Crippen LogP contribution < -0.4 is 32.9 Å². The Morgan fingerprint density at radius 1 is 0.434 bits per heavy atom. The van der Waals surface area contributed by atoms with Crippen molar-refractivity contribution in [2.24, 2.45) is 0 Å². The quantitative estimate of drug-likeness (QED) is 0.0852. The fourth-order valence-corrected chi connectivity index (χ4v) is 11.0. The summed E-state index contributed by atoms with van der Waals surface area (Å²) in [6, 6.07) is 74.0. The zero-order chi connectivity index (χ0) is 34.9. The molecule has 7 aromatic rings. The van der Waals surface area contributed by atoms with E-state index in [0.29, 0.717) is 0 Å². The Labute approximate surface area is 340 Å². The third kappa shape index (κ3) is 12.6. The molecule has 53 heavy (non-hydrogen) atoms. The van der Waals surface area contributed by atoms with Crippen molar-refractivity contribution in [1.29, 1.82) is 0 Å². The number of hydrogen-bond acceptors (Lipinski definition) is 0. The summed E-state index contributed by atoms with van der Waals surface area (Å²) >= 11 is 0. The molecule has 7 rings (SSSR count). The van der Waals surface area contributed by atoms with Crippen molar-refractivity contribution in [3.8, 4) is 0 Å². The average molecular weight is 834 g/mol. The van der Waals surface area contributed by atoms with E-state index in [1.165, 1.54) is 49.3 Å². The van der Waals surface area contributed by atoms with Gasteiger partial charge in [-0.2, -0.15) is 0 Å². The molecule has 0 saturated heterocycles. The van der Waals surface area contributed by atoms with Gasteiger partial charge in [-0.3, -0.25) is 0 Å². The summed E-state index contributed by atoms with van der Waals surface area (Å²) in [6.45, 7) is 2.16. The molecule has 0 aliphatic carbocycles. The second kappa shape index (κ2) is 23.0. The standard InChI is InChI=1S/C29H26P.C20H19P.BrH.Ni/c1-2-14-28(24-15-6-3-7-16-24)29-22-13-12-17-25(29)23-30(26-18-8-4-9-19-26)27-20-10-5-11-21-27;1-4-10-18(11-5-1)16-21(20-14-8-3-9-15-20)17-19-12-6-2-7-13-19;;/h3-13,15-22H,2,23H2,1H3;1-15H,16-17H2;1H;/q;;;+2/p-1. The molecule has 0 aromatic heterocycles. The van der Waals surface area contributed by atoms with Crippen LogP contribution in [0.3, 0.4) is 0 Å². The van der Waals surface area contributed by atoms with Crippen molar-refractivity contribution in [3.63, 3.8) is 0 Å². The van der Waals surface area contributed by atoms with E-state index in [1.807, 2.05) is 0 Å². The molecule has 7 aromatic carbocycles. The van der Waals surface area contributed by atoms with Crippen molar-refractivity contribution >= 4 is 37.3 Å². The van der Waals surface area contributed by atoms with Crippen LogP contribution in [0, 0.1) is 6.08 Å². The van der Waals surface area contributed by atoms with Gasteiger partial charge in [-0.05, 0) is 82.0 Å². The van der Waals surface area contributed by atoms with Crippen molar-refractivity contribution in [1.82, 2.24) is 0 Å². The summed E-state index contributed by atoms with van der Waals surface area (Å²) in [5.74, 6) is 0. The predicted octanol–water partition coefficient (Wildman–Crippen LogP) is 9.16. The van der Waals surface area contributed by atoms with Gasteiger partial charge in [0.1, 0.15) is 0 Å². The SMILES string of the molecule is CC[C]=C(c1ccccc1)c1ccccc1CP(c1ccccc1)c1ccccc1.[Br-].[Ni+2].c1ccc(CP(Cc2ccccc2)c2ccccc2)cc1. The van der Waals surface area contributed by atoms with Crippen LogP contribution >= 0.6 is 15.8 Å². The van der Waals surface area contributed by atoms with E-state index in [9.17, 15) is 0 Å². The van der Waals surface area contributed by atoms with Gasteiger partial charge in [0, 0.05) is 6.16 Å². The molecule has 0 aliphatic rings. The monoisotopic (exact) mass is 832 g/mol. The van der Waals surface area contributed by atoms with Crippen molar-refractivity contribution in [2.45, 2.75) is 31.8 Å². The molecular weight excluding hydrogens is 789 g/mol. The summed E-state index contributed by atoms with van der Waals surface area (Å²) in [5, 5.41) is 4.32. The van der Waals surface area contributed by atoms with Gasteiger partial charge in [-0.15, -0.1) is 0 Å². The fourth-order valence-electron chi connectivity index (χ4n) is 6.24. The van der Waals surface area contributed by atoms with Crippen LogP contribution in [0.2, 0.25) is 0 Å². The Hall–Kier alpha value is -3.89. The molecule has 0 N–H and O–H groups in total. The largest absolute Gasteiger partial charge is 2.00 e. The topological polar surface area (TPSA) is 0 Å². The summed E-state index contributed by atoms with van der Waals surface area (Å²) in [6.07, 6.45) is 7.84. The zero-order valence-electron chi connectivity index (χ0n) is 30.0. The second-order valence-electron chi connectivity index (χ2n) is 12.3.